The zero-order valence-corrected chi connectivity index (χ0v) is 14.9. The van der Waals surface area contributed by atoms with Crippen molar-refractivity contribution in [1.29, 1.82) is 0 Å². The molecule has 1 heterocycles. The molecule has 0 unspecified atom stereocenters. The fourth-order valence-electron chi connectivity index (χ4n) is 3.99. The molecule has 3 aromatic rings. The van der Waals surface area contributed by atoms with E-state index in [1.165, 1.54) is 33.4 Å². The number of benzene rings is 2. The number of aromatic nitrogens is 1. The number of aryl methyl sites for hydroxylation is 2. The van der Waals surface area contributed by atoms with Crippen molar-refractivity contribution in [3.8, 4) is 22.4 Å². The molecule has 0 fully saturated rings. The van der Waals surface area contributed by atoms with Gasteiger partial charge in [0.15, 0.2) is 0 Å². The van der Waals surface area contributed by atoms with Crippen LogP contribution in [0.3, 0.4) is 0 Å². The highest BCUT2D eigenvalue weighted by atomic mass is 14.7. The quantitative estimate of drug-likeness (QED) is 0.572. The third kappa shape index (κ3) is 2.11. The maximum Gasteiger partial charge on any atom is 0.0705 e. The van der Waals surface area contributed by atoms with Gasteiger partial charge in [-0.2, -0.15) is 0 Å². The van der Waals surface area contributed by atoms with E-state index < -0.39 is 0 Å². The lowest BCUT2D eigenvalue weighted by molar-refractivity contribution is 0.660. The Kier molecular flexibility index (Phi) is 3.35. The highest BCUT2D eigenvalue weighted by molar-refractivity contribution is 5.83. The lowest BCUT2D eigenvalue weighted by atomic mass is 9.82. The largest absolute Gasteiger partial charge is 0.253 e. The van der Waals surface area contributed by atoms with Crippen LogP contribution in [0.4, 0.5) is 0 Å². The van der Waals surface area contributed by atoms with E-state index in [4.69, 9.17) is 4.98 Å². The molecule has 1 aromatic heterocycles. The highest BCUT2D eigenvalue weighted by Gasteiger charge is 2.35. The van der Waals surface area contributed by atoms with Crippen molar-refractivity contribution in [2.75, 3.05) is 0 Å². The van der Waals surface area contributed by atoms with E-state index in [0.717, 1.165) is 17.8 Å². The highest BCUT2D eigenvalue weighted by Crippen LogP contribution is 2.49. The average molecular weight is 313 g/mol. The van der Waals surface area contributed by atoms with Crippen molar-refractivity contribution in [2.24, 2.45) is 0 Å². The standard InChI is InChI=1S/C23H23N/c1-5-16-11-13-22(24-15(16)2)17-10-12-19-18-8-6-7-9-20(18)23(3,4)21(19)14-17/h6-14H,5H2,1-4H3. The van der Waals surface area contributed by atoms with Gasteiger partial charge in [0.05, 0.1) is 5.69 Å². The molecule has 0 atom stereocenters. The van der Waals surface area contributed by atoms with E-state index in [9.17, 15) is 0 Å². The van der Waals surface area contributed by atoms with Gasteiger partial charge in [-0.15, -0.1) is 0 Å². The number of rotatable bonds is 2. The Morgan fingerprint density at radius 2 is 1.62 bits per heavy atom. The maximum absolute atomic E-state index is 4.84. The molecule has 0 amide bonds. The minimum atomic E-state index is 0.0420. The van der Waals surface area contributed by atoms with Crippen LogP contribution >= 0.6 is 0 Å². The van der Waals surface area contributed by atoms with Crippen molar-refractivity contribution in [2.45, 2.75) is 39.5 Å². The first kappa shape index (κ1) is 15.1. The minimum Gasteiger partial charge on any atom is -0.253 e. The fourth-order valence-corrected chi connectivity index (χ4v) is 3.99. The molecular formula is C23H23N. The van der Waals surface area contributed by atoms with Crippen LogP contribution in [0.25, 0.3) is 22.4 Å². The first-order valence-corrected chi connectivity index (χ1v) is 8.73. The van der Waals surface area contributed by atoms with Gasteiger partial charge in [-0.05, 0) is 53.3 Å². The predicted octanol–water partition coefficient (Wildman–Crippen LogP) is 5.93. The molecule has 24 heavy (non-hydrogen) atoms. The van der Waals surface area contributed by atoms with Crippen LogP contribution in [0.15, 0.2) is 54.6 Å². The summed E-state index contributed by atoms with van der Waals surface area (Å²) in [6, 6.07) is 20.0. The molecule has 1 aliphatic carbocycles. The number of fused-ring (bicyclic) bond motifs is 3. The van der Waals surface area contributed by atoms with Gasteiger partial charge in [0.1, 0.15) is 0 Å². The lowest BCUT2D eigenvalue weighted by Gasteiger charge is -2.22. The molecule has 0 saturated heterocycles. The van der Waals surface area contributed by atoms with Crippen molar-refractivity contribution >= 4 is 0 Å². The smallest absolute Gasteiger partial charge is 0.0705 e. The second-order valence-electron chi connectivity index (χ2n) is 7.23. The molecule has 120 valence electrons. The molecule has 0 bridgehead atoms. The molecule has 0 aliphatic heterocycles. The predicted molar refractivity (Wildman–Crippen MR) is 101 cm³/mol. The van der Waals surface area contributed by atoms with Gasteiger partial charge in [-0.1, -0.05) is 63.2 Å². The summed E-state index contributed by atoms with van der Waals surface area (Å²) in [5, 5.41) is 0. The van der Waals surface area contributed by atoms with E-state index >= 15 is 0 Å². The van der Waals surface area contributed by atoms with Gasteiger partial charge in [0.25, 0.3) is 0 Å². The van der Waals surface area contributed by atoms with Crippen LogP contribution in [-0.2, 0) is 11.8 Å². The van der Waals surface area contributed by atoms with Gasteiger partial charge in [0.2, 0.25) is 0 Å². The summed E-state index contributed by atoms with van der Waals surface area (Å²) in [5.74, 6) is 0. The van der Waals surface area contributed by atoms with Crippen LogP contribution in [0.5, 0.6) is 0 Å². The van der Waals surface area contributed by atoms with Crippen molar-refractivity contribution in [3.05, 3.63) is 77.0 Å². The maximum atomic E-state index is 4.84. The Labute approximate surface area is 144 Å². The molecule has 1 aliphatic rings. The van der Waals surface area contributed by atoms with E-state index in [1.54, 1.807) is 0 Å². The van der Waals surface area contributed by atoms with E-state index in [2.05, 4.69) is 82.3 Å². The van der Waals surface area contributed by atoms with E-state index in [0.29, 0.717) is 0 Å². The normalized spacial score (nSPS) is 14.3. The van der Waals surface area contributed by atoms with Crippen molar-refractivity contribution in [1.82, 2.24) is 4.98 Å². The molecule has 1 heteroatoms. The van der Waals surface area contributed by atoms with Gasteiger partial charge >= 0.3 is 0 Å². The van der Waals surface area contributed by atoms with Crippen LogP contribution in [-0.4, -0.2) is 4.98 Å². The number of hydrogen-bond donors (Lipinski definition) is 0. The van der Waals surface area contributed by atoms with E-state index in [-0.39, 0.29) is 5.41 Å². The second kappa shape index (κ2) is 5.31. The number of pyridine rings is 1. The first-order valence-electron chi connectivity index (χ1n) is 8.73. The summed E-state index contributed by atoms with van der Waals surface area (Å²) in [5.41, 5.74) is 10.3. The minimum absolute atomic E-state index is 0.0420. The summed E-state index contributed by atoms with van der Waals surface area (Å²) in [6.45, 7) is 8.93. The van der Waals surface area contributed by atoms with Crippen molar-refractivity contribution < 1.29 is 0 Å². The molecule has 0 N–H and O–H groups in total. The molecule has 1 nitrogen and oxygen atoms in total. The zero-order chi connectivity index (χ0) is 16.9. The first-order chi connectivity index (χ1) is 11.5. The number of hydrogen-bond acceptors (Lipinski definition) is 1. The van der Waals surface area contributed by atoms with Gasteiger partial charge < -0.3 is 0 Å². The lowest BCUT2D eigenvalue weighted by Crippen LogP contribution is -2.14. The Balaban J connectivity index is 1.86. The SMILES string of the molecule is CCc1ccc(-c2ccc3c(c2)C(C)(C)c2ccccc2-3)nc1C. The topological polar surface area (TPSA) is 12.9 Å². The summed E-state index contributed by atoms with van der Waals surface area (Å²) in [6.07, 6.45) is 1.03. The van der Waals surface area contributed by atoms with Crippen LogP contribution in [0.2, 0.25) is 0 Å². The Bertz CT molecular complexity index is 935. The van der Waals surface area contributed by atoms with Gasteiger partial charge in [-0.3, -0.25) is 4.98 Å². The zero-order valence-electron chi connectivity index (χ0n) is 14.9. The third-order valence-electron chi connectivity index (χ3n) is 5.46. The summed E-state index contributed by atoms with van der Waals surface area (Å²) in [7, 11) is 0. The Hall–Kier alpha value is -2.41. The molecule has 0 radical (unpaired) electrons. The Morgan fingerprint density at radius 3 is 2.38 bits per heavy atom. The second-order valence-corrected chi connectivity index (χ2v) is 7.23. The van der Waals surface area contributed by atoms with Gasteiger partial charge in [-0.25, -0.2) is 0 Å². The monoisotopic (exact) mass is 313 g/mol. The van der Waals surface area contributed by atoms with Crippen LogP contribution < -0.4 is 0 Å². The summed E-state index contributed by atoms with van der Waals surface area (Å²) < 4.78 is 0. The van der Waals surface area contributed by atoms with Crippen molar-refractivity contribution in [3.63, 3.8) is 0 Å². The molecule has 0 saturated carbocycles. The fraction of sp³-hybridized carbons (Fsp3) is 0.261. The molecular weight excluding hydrogens is 290 g/mol. The van der Waals surface area contributed by atoms with Crippen LogP contribution in [0.1, 0.15) is 43.2 Å². The third-order valence-corrected chi connectivity index (χ3v) is 5.46. The van der Waals surface area contributed by atoms with Crippen LogP contribution in [0, 0.1) is 6.92 Å². The average Bonchev–Trinajstić information content (AvgIpc) is 2.83. The molecule has 4 rings (SSSR count). The number of nitrogens with zero attached hydrogens (tertiary/aromatic N) is 1. The summed E-state index contributed by atoms with van der Waals surface area (Å²) >= 11 is 0. The Morgan fingerprint density at radius 1 is 0.875 bits per heavy atom. The van der Waals surface area contributed by atoms with Gasteiger partial charge in [0, 0.05) is 16.7 Å². The van der Waals surface area contributed by atoms with E-state index in [1.807, 2.05) is 0 Å². The molecule has 0 spiro atoms. The summed E-state index contributed by atoms with van der Waals surface area (Å²) in [4.78, 5) is 4.84. The molecule has 2 aromatic carbocycles.